The maximum atomic E-state index is 6.05. The lowest BCUT2D eigenvalue weighted by Gasteiger charge is -2.22. The third-order valence-corrected chi connectivity index (χ3v) is 3.65. The van der Waals surface area contributed by atoms with Gasteiger partial charge in [0.2, 0.25) is 0 Å². The van der Waals surface area contributed by atoms with E-state index >= 15 is 0 Å². The second kappa shape index (κ2) is 6.02. The van der Waals surface area contributed by atoms with Crippen LogP contribution in [0.3, 0.4) is 0 Å². The van der Waals surface area contributed by atoms with E-state index in [-0.39, 0.29) is 6.10 Å². The van der Waals surface area contributed by atoms with Gasteiger partial charge in [0.15, 0.2) is 11.5 Å². The number of rotatable bonds is 5. The zero-order chi connectivity index (χ0) is 13.8. The van der Waals surface area contributed by atoms with Gasteiger partial charge in [-0.3, -0.25) is 0 Å². The summed E-state index contributed by atoms with van der Waals surface area (Å²) in [6.45, 7) is 0. The zero-order valence-electron chi connectivity index (χ0n) is 11.7. The van der Waals surface area contributed by atoms with Gasteiger partial charge in [0.1, 0.15) is 0 Å². The first-order valence-corrected chi connectivity index (χ1v) is 6.50. The minimum atomic E-state index is 0.243. The molecule has 2 atom stereocenters. The van der Waals surface area contributed by atoms with Gasteiger partial charge in [-0.1, -0.05) is 0 Å². The first-order chi connectivity index (χ1) is 9.19. The lowest BCUT2D eigenvalue weighted by atomic mass is 10.1. The predicted octanol–water partition coefficient (Wildman–Crippen LogP) is 2.27. The minimum Gasteiger partial charge on any atom is -0.493 e. The molecule has 0 bridgehead atoms. The molecule has 0 heterocycles. The fraction of sp³-hybridized carbons (Fsp3) is 0.571. The third-order valence-electron chi connectivity index (χ3n) is 3.65. The molecule has 2 rings (SSSR count). The molecule has 1 fully saturated rings. The summed E-state index contributed by atoms with van der Waals surface area (Å²) in [4.78, 5) is 0. The number of hydrogen-bond donors (Lipinski definition) is 2. The molecular formula is C14H22N2O3. The van der Waals surface area contributed by atoms with Crippen LogP contribution in [0.15, 0.2) is 12.1 Å². The van der Waals surface area contributed by atoms with Gasteiger partial charge in [-0.2, -0.15) is 0 Å². The highest BCUT2D eigenvalue weighted by molar-refractivity contribution is 5.72. The van der Waals surface area contributed by atoms with Crippen LogP contribution >= 0.6 is 0 Å². The van der Waals surface area contributed by atoms with Crippen LogP contribution in [-0.4, -0.2) is 33.5 Å². The Balaban J connectivity index is 2.20. The SMILES string of the molecule is COc1cc(N)c(NC2CCCC2OC)cc1OC. The summed E-state index contributed by atoms with van der Waals surface area (Å²) in [6, 6.07) is 3.95. The Labute approximate surface area is 114 Å². The number of methoxy groups -OCH3 is 3. The number of benzene rings is 1. The predicted molar refractivity (Wildman–Crippen MR) is 76.0 cm³/mol. The molecule has 19 heavy (non-hydrogen) atoms. The topological polar surface area (TPSA) is 65.7 Å². The van der Waals surface area contributed by atoms with E-state index in [1.165, 1.54) is 6.42 Å². The molecule has 0 aliphatic heterocycles. The largest absolute Gasteiger partial charge is 0.493 e. The van der Waals surface area contributed by atoms with Crippen LogP contribution in [0.1, 0.15) is 19.3 Å². The van der Waals surface area contributed by atoms with E-state index in [2.05, 4.69) is 5.32 Å². The van der Waals surface area contributed by atoms with E-state index in [0.717, 1.165) is 18.5 Å². The van der Waals surface area contributed by atoms with E-state index < -0.39 is 0 Å². The quantitative estimate of drug-likeness (QED) is 0.800. The lowest BCUT2D eigenvalue weighted by molar-refractivity contribution is 0.101. The van der Waals surface area contributed by atoms with E-state index in [4.69, 9.17) is 19.9 Å². The van der Waals surface area contributed by atoms with E-state index in [1.807, 2.05) is 6.07 Å². The maximum absolute atomic E-state index is 6.05. The van der Waals surface area contributed by atoms with Crippen molar-refractivity contribution in [1.82, 2.24) is 0 Å². The molecule has 0 saturated heterocycles. The van der Waals surface area contributed by atoms with Gasteiger partial charge in [-0.05, 0) is 19.3 Å². The maximum Gasteiger partial charge on any atom is 0.162 e. The van der Waals surface area contributed by atoms with Crippen LogP contribution in [0, 0.1) is 0 Å². The number of hydrogen-bond acceptors (Lipinski definition) is 5. The fourth-order valence-corrected chi connectivity index (χ4v) is 2.59. The van der Waals surface area contributed by atoms with Crippen molar-refractivity contribution in [3.05, 3.63) is 12.1 Å². The molecule has 0 spiro atoms. The fourth-order valence-electron chi connectivity index (χ4n) is 2.59. The normalized spacial score (nSPS) is 22.3. The first kappa shape index (κ1) is 13.8. The number of ether oxygens (including phenoxy) is 3. The van der Waals surface area contributed by atoms with E-state index in [0.29, 0.717) is 23.2 Å². The zero-order valence-corrected chi connectivity index (χ0v) is 11.7. The van der Waals surface area contributed by atoms with E-state index in [9.17, 15) is 0 Å². The van der Waals surface area contributed by atoms with Crippen LogP contribution in [0.25, 0.3) is 0 Å². The van der Waals surface area contributed by atoms with Gasteiger partial charge in [-0.25, -0.2) is 0 Å². The summed E-state index contributed by atoms with van der Waals surface area (Å²) in [7, 11) is 4.97. The summed E-state index contributed by atoms with van der Waals surface area (Å²) in [5.41, 5.74) is 7.57. The Hall–Kier alpha value is -1.62. The van der Waals surface area contributed by atoms with Gasteiger partial charge >= 0.3 is 0 Å². The number of nitrogen functional groups attached to an aromatic ring is 1. The summed E-state index contributed by atoms with van der Waals surface area (Å²) in [6.07, 6.45) is 3.59. The van der Waals surface area contributed by atoms with Gasteiger partial charge < -0.3 is 25.3 Å². The molecule has 1 aliphatic carbocycles. The molecule has 1 saturated carbocycles. The van der Waals surface area contributed by atoms with Crippen LogP contribution < -0.4 is 20.5 Å². The number of anilines is 2. The monoisotopic (exact) mass is 266 g/mol. The molecular weight excluding hydrogens is 244 g/mol. The van der Waals surface area contributed by atoms with Crippen LogP contribution in [0.5, 0.6) is 11.5 Å². The van der Waals surface area contributed by atoms with Crippen LogP contribution in [0.2, 0.25) is 0 Å². The summed E-state index contributed by atoms with van der Waals surface area (Å²) < 4.78 is 16.0. The van der Waals surface area contributed by atoms with Crippen molar-refractivity contribution in [1.29, 1.82) is 0 Å². The average Bonchev–Trinajstić information content (AvgIpc) is 2.87. The molecule has 0 aromatic heterocycles. The minimum absolute atomic E-state index is 0.243. The van der Waals surface area contributed by atoms with Crippen molar-refractivity contribution in [2.24, 2.45) is 0 Å². The molecule has 3 N–H and O–H groups in total. The molecule has 1 aliphatic rings. The van der Waals surface area contributed by atoms with Crippen molar-refractivity contribution in [2.75, 3.05) is 32.4 Å². The van der Waals surface area contributed by atoms with Gasteiger partial charge in [0, 0.05) is 19.2 Å². The number of nitrogens with two attached hydrogens (primary N) is 1. The standard InChI is InChI=1S/C14H22N2O3/c1-17-12-6-4-5-10(12)16-11-8-14(19-3)13(18-2)7-9(11)15/h7-8,10,12,16H,4-6,15H2,1-3H3. The summed E-state index contributed by atoms with van der Waals surface area (Å²) in [5.74, 6) is 1.31. The van der Waals surface area contributed by atoms with Crippen molar-refractivity contribution >= 4 is 11.4 Å². The van der Waals surface area contributed by atoms with Crippen molar-refractivity contribution in [3.8, 4) is 11.5 Å². The van der Waals surface area contributed by atoms with Gasteiger partial charge in [-0.15, -0.1) is 0 Å². The molecule has 5 heteroatoms. The lowest BCUT2D eigenvalue weighted by Crippen LogP contribution is -2.30. The third kappa shape index (κ3) is 2.87. The average molecular weight is 266 g/mol. The molecule has 1 aromatic rings. The van der Waals surface area contributed by atoms with Crippen LogP contribution in [0.4, 0.5) is 11.4 Å². The first-order valence-electron chi connectivity index (χ1n) is 6.50. The highest BCUT2D eigenvalue weighted by Crippen LogP contribution is 2.36. The van der Waals surface area contributed by atoms with E-state index in [1.54, 1.807) is 27.4 Å². The van der Waals surface area contributed by atoms with Crippen molar-refractivity contribution in [3.63, 3.8) is 0 Å². The Morgan fingerprint density at radius 3 is 2.42 bits per heavy atom. The molecule has 2 unspecified atom stereocenters. The molecule has 106 valence electrons. The molecule has 1 aromatic carbocycles. The smallest absolute Gasteiger partial charge is 0.162 e. The van der Waals surface area contributed by atoms with Crippen molar-refractivity contribution in [2.45, 2.75) is 31.4 Å². The Morgan fingerprint density at radius 2 is 1.79 bits per heavy atom. The second-order valence-electron chi connectivity index (χ2n) is 4.75. The molecule has 0 amide bonds. The Kier molecular flexibility index (Phi) is 4.37. The van der Waals surface area contributed by atoms with Crippen LogP contribution in [-0.2, 0) is 4.74 Å². The Bertz CT molecular complexity index is 437. The number of nitrogens with one attached hydrogen (secondary N) is 1. The second-order valence-corrected chi connectivity index (χ2v) is 4.75. The summed E-state index contributed by atoms with van der Waals surface area (Å²) >= 11 is 0. The van der Waals surface area contributed by atoms with Gasteiger partial charge in [0.25, 0.3) is 0 Å². The summed E-state index contributed by atoms with van der Waals surface area (Å²) in [5, 5.41) is 3.45. The molecule has 0 radical (unpaired) electrons. The highest BCUT2D eigenvalue weighted by atomic mass is 16.5. The highest BCUT2D eigenvalue weighted by Gasteiger charge is 2.27. The Morgan fingerprint density at radius 1 is 1.11 bits per heavy atom. The van der Waals surface area contributed by atoms with Crippen molar-refractivity contribution < 1.29 is 14.2 Å². The van der Waals surface area contributed by atoms with Gasteiger partial charge in [0.05, 0.1) is 37.7 Å². The molecule has 5 nitrogen and oxygen atoms in total.